The van der Waals surface area contributed by atoms with E-state index in [2.05, 4.69) is 6.92 Å². The van der Waals surface area contributed by atoms with Crippen LogP contribution >= 0.6 is 22.9 Å². The maximum atomic E-state index is 13.9. The van der Waals surface area contributed by atoms with Gasteiger partial charge >= 0.3 is 5.91 Å². The highest BCUT2D eigenvalue weighted by Crippen LogP contribution is 2.46. The topological polar surface area (TPSA) is 106 Å². The fourth-order valence-electron chi connectivity index (χ4n) is 5.63. The lowest BCUT2D eigenvalue weighted by atomic mass is 9.96. The molecule has 11 heteroatoms. The Bertz CT molecular complexity index is 1980. The first kappa shape index (κ1) is 30.6. The van der Waals surface area contributed by atoms with E-state index in [0.29, 0.717) is 57.3 Å². The molecule has 0 radical (unpaired) electrons. The van der Waals surface area contributed by atoms with Crippen molar-refractivity contribution in [3.05, 3.63) is 87.8 Å². The molecule has 5 aromatic rings. The number of Topliss-reactive ketones (excluding diaryl/α,β-unsaturated/α-hetero) is 1. The molecule has 0 spiro atoms. The number of carbonyl (C=O) groups is 2. The summed E-state index contributed by atoms with van der Waals surface area (Å²) >= 11 is 7.48. The van der Waals surface area contributed by atoms with Crippen LogP contribution in [0.3, 0.4) is 0 Å². The second kappa shape index (κ2) is 12.5. The summed E-state index contributed by atoms with van der Waals surface area (Å²) in [5, 5.41) is 12.7. The van der Waals surface area contributed by atoms with E-state index >= 15 is 0 Å². The Morgan fingerprint density at radius 2 is 1.84 bits per heavy atom. The molecule has 1 saturated heterocycles. The second-order valence-electron chi connectivity index (χ2n) is 10.9. The number of imidazole rings is 1. The third kappa shape index (κ3) is 5.53. The van der Waals surface area contributed by atoms with E-state index in [9.17, 15) is 14.7 Å². The van der Waals surface area contributed by atoms with Gasteiger partial charge in [-0.2, -0.15) is 0 Å². The molecule has 1 aliphatic rings. The van der Waals surface area contributed by atoms with Crippen LogP contribution in [0, 0.1) is 13.8 Å². The van der Waals surface area contributed by atoms with E-state index in [1.165, 1.54) is 16.2 Å². The van der Waals surface area contributed by atoms with Crippen molar-refractivity contribution in [2.24, 2.45) is 0 Å². The molecule has 9 nitrogen and oxygen atoms in total. The summed E-state index contributed by atoms with van der Waals surface area (Å²) in [7, 11) is 0. The van der Waals surface area contributed by atoms with Crippen molar-refractivity contribution in [3.63, 3.8) is 0 Å². The molecular formula is C34H33ClN4O5S. The van der Waals surface area contributed by atoms with Crippen LogP contribution in [-0.2, 0) is 9.59 Å². The van der Waals surface area contributed by atoms with Crippen molar-refractivity contribution in [1.29, 1.82) is 0 Å². The molecule has 1 aliphatic heterocycles. The number of rotatable bonds is 10. The molecule has 2 aromatic carbocycles. The predicted molar refractivity (Wildman–Crippen MR) is 177 cm³/mol. The molecule has 1 amide bonds. The Kier molecular flexibility index (Phi) is 8.52. The number of thiazole rings is 1. The number of nitrogens with zero attached hydrogens (tertiary/aromatic N) is 4. The number of halogens is 1. The van der Waals surface area contributed by atoms with Gasteiger partial charge in [-0.25, -0.2) is 9.97 Å². The normalized spacial score (nSPS) is 16.3. The highest BCUT2D eigenvalue weighted by molar-refractivity contribution is 7.22. The number of hydrogen-bond donors (Lipinski definition) is 1. The summed E-state index contributed by atoms with van der Waals surface area (Å²) in [6.45, 7) is 8.66. The molecule has 0 aliphatic carbocycles. The number of fused-ring (bicyclic) bond motifs is 2. The summed E-state index contributed by atoms with van der Waals surface area (Å²) in [4.78, 5) is 38.5. The molecule has 232 valence electrons. The fourth-order valence-corrected chi connectivity index (χ4v) is 6.89. The summed E-state index contributed by atoms with van der Waals surface area (Å²) in [5.41, 5.74) is 3.52. The number of unbranched alkanes of at least 4 members (excludes halogenated alkanes) is 2. The number of carbonyl (C=O) groups excluding carboxylic acids is 2. The van der Waals surface area contributed by atoms with Gasteiger partial charge in [-0.3, -0.25) is 14.5 Å². The Hall–Kier alpha value is -4.41. The lowest BCUT2D eigenvalue weighted by molar-refractivity contribution is -0.132. The Balaban J connectivity index is 1.54. The Morgan fingerprint density at radius 1 is 1.02 bits per heavy atom. The largest absolute Gasteiger partial charge is 0.505 e. The zero-order chi connectivity index (χ0) is 31.8. The highest BCUT2D eigenvalue weighted by Gasteiger charge is 2.49. The summed E-state index contributed by atoms with van der Waals surface area (Å²) in [6, 6.07) is 13.4. The molecule has 6 rings (SSSR count). The monoisotopic (exact) mass is 644 g/mol. The molecule has 1 unspecified atom stereocenters. The quantitative estimate of drug-likeness (QED) is 0.0715. The van der Waals surface area contributed by atoms with Gasteiger partial charge in [-0.1, -0.05) is 54.8 Å². The van der Waals surface area contributed by atoms with Gasteiger partial charge < -0.3 is 19.0 Å². The molecule has 1 N–H and O–H groups in total. The van der Waals surface area contributed by atoms with Crippen LogP contribution in [0.5, 0.6) is 11.5 Å². The molecule has 0 saturated carbocycles. The smallest absolute Gasteiger partial charge is 0.301 e. The number of benzene rings is 2. The van der Waals surface area contributed by atoms with Crippen LogP contribution in [-0.4, -0.2) is 44.4 Å². The first-order valence-electron chi connectivity index (χ1n) is 14.9. The number of aliphatic hydroxyl groups excluding tert-OH is 1. The van der Waals surface area contributed by atoms with Gasteiger partial charge in [0.15, 0.2) is 22.4 Å². The number of anilines is 1. The van der Waals surface area contributed by atoms with Crippen LogP contribution < -0.4 is 14.4 Å². The van der Waals surface area contributed by atoms with Gasteiger partial charge in [0.2, 0.25) is 0 Å². The summed E-state index contributed by atoms with van der Waals surface area (Å²) in [5.74, 6) is -0.950. The minimum Gasteiger partial charge on any atom is -0.505 e. The van der Waals surface area contributed by atoms with Gasteiger partial charge in [0.25, 0.3) is 5.78 Å². The Labute approximate surface area is 269 Å². The predicted octanol–water partition coefficient (Wildman–Crippen LogP) is 7.81. The summed E-state index contributed by atoms with van der Waals surface area (Å²) in [6.07, 6.45) is 4.87. The average Bonchev–Trinajstić information content (AvgIpc) is 3.67. The van der Waals surface area contributed by atoms with Crippen LogP contribution in [0.15, 0.2) is 60.3 Å². The third-order valence-electron chi connectivity index (χ3n) is 7.89. The number of pyridine rings is 1. The van der Waals surface area contributed by atoms with Gasteiger partial charge in [-0.15, -0.1) is 0 Å². The van der Waals surface area contributed by atoms with Crippen molar-refractivity contribution in [2.75, 3.05) is 18.1 Å². The van der Waals surface area contributed by atoms with Crippen LogP contribution in [0.4, 0.5) is 5.13 Å². The second-order valence-corrected chi connectivity index (χ2v) is 12.3. The minimum absolute atomic E-state index is 0.0829. The molecule has 4 heterocycles. The third-order valence-corrected chi connectivity index (χ3v) is 9.14. The molecular weight excluding hydrogens is 612 g/mol. The van der Waals surface area contributed by atoms with Crippen molar-refractivity contribution in [1.82, 2.24) is 14.4 Å². The molecule has 3 aromatic heterocycles. The highest BCUT2D eigenvalue weighted by atomic mass is 35.5. The number of aliphatic hydroxyl groups is 1. The summed E-state index contributed by atoms with van der Waals surface area (Å²) < 4.78 is 14.6. The Morgan fingerprint density at radius 3 is 2.60 bits per heavy atom. The van der Waals surface area contributed by atoms with Crippen LogP contribution in [0.1, 0.15) is 61.7 Å². The zero-order valence-corrected chi connectivity index (χ0v) is 27.0. The number of ether oxygens (including phenoxy) is 2. The van der Waals surface area contributed by atoms with Crippen molar-refractivity contribution < 1.29 is 24.2 Å². The van der Waals surface area contributed by atoms with Gasteiger partial charge in [0.1, 0.15) is 11.3 Å². The maximum Gasteiger partial charge on any atom is 0.301 e. The first-order chi connectivity index (χ1) is 21.7. The lowest BCUT2D eigenvalue weighted by Gasteiger charge is -2.24. The van der Waals surface area contributed by atoms with Crippen molar-refractivity contribution in [2.45, 2.75) is 53.0 Å². The van der Waals surface area contributed by atoms with Crippen LogP contribution in [0.25, 0.3) is 21.6 Å². The number of ketones is 1. The van der Waals surface area contributed by atoms with E-state index < -0.39 is 17.7 Å². The fraction of sp³-hybridized carbons (Fsp3) is 0.294. The number of aromatic nitrogens is 3. The van der Waals surface area contributed by atoms with Crippen LogP contribution in [0.2, 0.25) is 5.02 Å². The van der Waals surface area contributed by atoms with Crippen molar-refractivity contribution >= 4 is 61.4 Å². The first-order valence-corrected chi connectivity index (χ1v) is 16.1. The standard InChI is InChI=1S/C34H33ClN4O5S/c1-5-7-8-16-44-24-14-11-21(17-25(24)43-6-2)29-27(30(40)28-20(4)38-15-9-10-19(3)32(38)37-28)31(41)33(42)39(29)34-36-23-13-12-22(35)18-26(23)45-34/h9-15,17-18,29,40H,5-8,16H2,1-4H3. The molecule has 45 heavy (non-hydrogen) atoms. The van der Waals surface area contributed by atoms with E-state index in [1.807, 2.05) is 43.5 Å². The van der Waals surface area contributed by atoms with E-state index in [4.69, 9.17) is 31.0 Å². The average molecular weight is 645 g/mol. The number of amides is 1. The van der Waals surface area contributed by atoms with Gasteiger partial charge in [-0.05, 0) is 74.7 Å². The van der Waals surface area contributed by atoms with Gasteiger partial charge in [0, 0.05) is 11.2 Å². The maximum absolute atomic E-state index is 13.9. The van der Waals surface area contributed by atoms with E-state index in [-0.39, 0.29) is 17.0 Å². The number of hydrogen-bond acceptors (Lipinski definition) is 8. The lowest BCUT2D eigenvalue weighted by Crippen LogP contribution is -2.29. The SMILES string of the molecule is CCCCCOc1ccc(C2C(=C(O)c3nc4c(C)cccn4c3C)C(=O)C(=O)N2c2nc3ccc(Cl)cc3s2)cc1OCC. The van der Waals surface area contributed by atoms with E-state index in [1.54, 1.807) is 36.4 Å². The van der Waals surface area contributed by atoms with Gasteiger partial charge in [0.05, 0.1) is 40.7 Å². The molecule has 1 fully saturated rings. The minimum atomic E-state index is -1.01. The number of aryl methyl sites for hydroxylation is 2. The molecule has 1 atom stereocenters. The zero-order valence-electron chi connectivity index (χ0n) is 25.5. The molecule has 0 bridgehead atoms. The van der Waals surface area contributed by atoms with Crippen molar-refractivity contribution in [3.8, 4) is 11.5 Å². The van der Waals surface area contributed by atoms with E-state index in [0.717, 1.165) is 29.5 Å².